The van der Waals surface area contributed by atoms with E-state index in [2.05, 4.69) is 14.8 Å². The molecule has 1 aromatic rings. The number of carbonyl (C=O) groups excluding carboxylic acids is 2. The molecule has 0 atom stereocenters. The topological polar surface area (TPSA) is 73.9 Å². The molecule has 0 aliphatic rings. The number of hydrogen-bond donors (Lipinski definition) is 1. The Hall–Kier alpha value is -2.34. The maximum Gasteiger partial charge on any atom is 0.354 e. The molecule has 0 aliphatic heterocycles. The number of benzene rings is 1. The first kappa shape index (κ1) is 15.7. The minimum absolute atomic E-state index is 0.00563. The van der Waals surface area contributed by atoms with Crippen molar-refractivity contribution < 1.29 is 23.8 Å². The Labute approximate surface area is 117 Å². The maximum absolute atomic E-state index is 11.6. The van der Waals surface area contributed by atoms with Crippen molar-refractivity contribution >= 4 is 17.6 Å². The van der Waals surface area contributed by atoms with E-state index in [1.807, 2.05) is 12.1 Å². The third-order valence-electron chi connectivity index (χ3n) is 2.39. The minimum atomic E-state index is -0.660. The zero-order chi connectivity index (χ0) is 15.0. The van der Waals surface area contributed by atoms with E-state index >= 15 is 0 Å². The average Bonchev–Trinajstić information content (AvgIpc) is 2.46. The van der Waals surface area contributed by atoms with Crippen LogP contribution in [0.4, 0.5) is 5.69 Å². The molecule has 0 saturated heterocycles. The van der Waals surface area contributed by atoms with Crippen molar-refractivity contribution in [2.75, 3.05) is 26.6 Å². The van der Waals surface area contributed by atoms with Crippen molar-refractivity contribution in [1.29, 1.82) is 0 Å². The zero-order valence-electron chi connectivity index (χ0n) is 11.6. The normalized spacial score (nSPS) is 10.8. The van der Waals surface area contributed by atoms with Crippen LogP contribution in [0.3, 0.4) is 0 Å². The summed E-state index contributed by atoms with van der Waals surface area (Å²) in [7, 11) is 4.06. The first-order valence-corrected chi connectivity index (χ1v) is 5.83. The Bertz CT molecular complexity index is 510. The number of nitrogens with one attached hydrogen (secondary N) is 1. The number of esters is 2. The van der Waals surface area contributed by atoms with E-state index in [1.54, 1.807) is 19.2 Å². The van der Waals surface area contributed by atoms with Gasteiger partial charge in [0.05, 0.1) is 26.9 Å². The van der Waals surface area contributed by atoms with Gasteiger partial charge in [-0.2, -0.15) is 0 Å². The van der Waals surface area contributed by atoms with Gasteiger partial charge in [-0.3, -0.25) is 0 Å². The molecule has 0 fully saturated rings. The van der Waals surface area contributed by atoms with Gasteiger partial charge in [0.2, 0.25) is 0 Å². The van der Waals surface area contributed by atoms with E-state index in [9.17, 15) is 9.59 Å². The van der Waals surface area contributed by atoms with Gasteiger partial charge < -0.3 is 19.5 Å². The molecule has 0 radical (unpaired) electrons. The molecule has 1 aromatic carbocycles. The summed E-state index contributed by atoms with van der Waals surface area (Å²) in [6.45, 7) is 0.448. The van der Waals surface area contributed by atoms with E-state index < -0.39 is 11.9 Å². The molecule has 0 heterocycles. The predicted octanol–water partition coefficient (Wildman–Crippen LogP) is 1.47. The van der Waals surface area contributed by atoms with Gasteiger partial charge in [-0.1, -0.05) is 12.1 Å². The van der Waals surface area contributed by atoms with E-state index in [1.165, 1.54) is 14.2 Å². The van der Waals surface area contributed by atoms with Crippen LogP contribution in [0.1, 0.15) is 5.56 Å². The maximum atomic E-state index is 11.6. The van der Waals surface area contributed by atoms with Crippen molar-refractivity contribution in [3.05, 3.63) is 41.6 Å². The first-order chi connectivity index (χ1) is 9.60. The number of hydrogen-bond acceptors (Lipinski definition) is 6. The van der Waals surface area contributed by atoms with Crippen molar-refractivity contribution in [2.45, 2.75) is 6.61 Å². The molecule has 6 nitrogen and oxygen atoms in total. The number of anilines is 1. The summed E-state index contributed by atoms with van der Waals surface area (Å²) >= 11 is 0. The van der Waals surface area contributed by atoms with Gasteiger partial charge in [0.25, 0.3) is 0 Å². The largest absolute Gasteiger partial charge is 0.466 e. The first-order valence-electron chi connectivity index (χ1n) is 5.83. The molecule has 0 amide bonds. The summed E-state index contributed by atoms with van der Waals surface area (Å²) in [6, 6.07) is 7.25. The number of methoxy groups -OCH3 is 3. The standard InChI is InChI=1S/C14H17NO5/c1-18-9-10-5-4-6-11(7-10)15-12(14(17)20-3)8-13(16)19-2/h4-8,15H,9H2,1-3H3/b12-8+. The Morgan fingerprint density at radius 3 is 2.55 bits per heavy atom. The lowest BCUT2D eigenvalue weighted by molar-refractivity contribution is -0.138. The Morgan fingerprint density at radius 1 is 1.20 bits per heavy atom. The number of rotatable bonds is 6. The Kier molecular flexibility index (Phi) is 6.25. The van der Waals surface area contributed by atoms with Crippen molar-refractivity contribution in [2.24, 2.45) is 0 Å². The quantitative estimate of drug-likeness (QED) is 0.628. The van der Waals surface area contributed by atoms with Crippen molar-refractivity contribution in [1.82, 2.24) is 0 Å². The van der Waals surface area contributed by atoms with Crippen LogP contribution in [0, 0.1) is 0 Å². The molecule has 1 N–H and O–H groups in total. The van der Waals surface area contributed by atoms with Crippen LogP contribution in [0.2, 0.25) is 0 Å². The van der Waals surface area contributed by atoms with Crippen LogP contribution in [0.5, 0.6) is 0 Å². The molecule has 0 aromatic heterocycles. The number of ether oxygens (including phenoxy) is 3. The summed E-state index contributed by atoms with van der Waals surface area (Å²) in [6.07, 6.45) is 1.04. The average molecular weight is 279 g/mol. The molecule has 0 saturated carbocycles. The molecule has 0 bridgehead atoms. The van der Waals surface area contributed by atoms with Crippen LogP contribution >= 0.6 is 0 Å². The fourth-order valence-electron chi connectivity index (χ4n) is 1.49. The molecule has 0 spiro atoms. The SMILES string of the molecule is COCc1cccc(N/C(=C/C(=O)OC)C(=O)OC)c1. The van der Waals surface area contributed by atoms with E-state index in [0.717, 1.165) is 11.6 Å². The lowest BCUT2D eigenvalue weighted by Gasteiger charge is -2.10. The lowest BCUT2D eigenvalue weighted by Crippen LogP contribution is -2.15. The fourth-order valence-corrected chi connectivity index (χ4v) is 1.49. The third-order valence-corrected chi connectivity index (χ3v) is 2.39. The van der Waals surface area contributed by atoms with Gasteiger partial charge in [0.15, 0.2) is 0 Å². The minimum Gasteiger partial charge on any atom is -0.466 e. The second-order valence-electron chi connectivity index (χ2n) is 3.83. The molecule has 0 unspecified atom stereocenters. The molecule has 6 heteroatoms. The summed E-state index contributed by atoms with van der Waals surface area (Å²) in [5, 5.41) is 2.82. The van der Waals surface area contributed by atoms with Crippen LogP contribution < -0.4 is 5.32 Å². The highest BCUT2D eigenvalue weighted by Gasteiger charge is 2.12. The third kappa shape index (κ3) is 4.74. The van der Waals surface area contributed by atoms with E-state index in [0.29, 0.717) is 12.3 Å². The van der Waals surface area contributed by atoms with Crippen molar-refractivity contribution in [3.63, 3.8) is 0 Å². The highest BCUT2D eigenvalue weighted by molar-refractivity contribution is 5.98. The Balaban J connectivity index is 2.95. The molecule has 1 rings (SSSR count). The number of carbonyl (C=O) groups is 2. The van der Waals surface area contributed by atoms with E-state index in [4.69, 9.17) is 4.74 Å². The summed E-state index contributed by atoms with van der Waals surface area (Å²) in [5.74, 6) is -1.31. The van der Waals surface area contributed by atoms with Gasteiger partial charge in [0, 0.05) is 12.8 Å². The van der Waals surface area contributed by atoms with Crippen molar-refractivity contribution in [3.8, 4) is 0 Å². The van der Waals surface area contributed by atoms with Gasteiger partial charge in [-0.05, 0) is 17.7 Å². The molecule has 0 aliphatic carbocycles. The smallest absolute Gasteiger partial charge is 0.354 e. The molecular formula is C14H17NO5. The fraction of sp³-hybridized carbons (Fsp3) is 0.286. The van der Waals surface area contributed by atoms with E-state index in [-0.39, 0.29) is 5.70 Å². The zero-order valence-corrected chi connectivity index (χ0v) is 11.6. The molecule has 20 heavy (non-hydrogen) atoms. The Morgan fingerprint density at radius 2 is 1.95 bits per heavy atom. The predicted molar refractivity (Wildman–Crippen MR) is 72.9 cm³/mol. The molecule has 108 valence electrons. The summed E-state index contributed by atoms with van der Waals surface area (Å²) in [5.41, 5.74) is 1.56. The highest BCUT2D eigenvalue weighted by atomic mass is 16.5. The second-order valence-corrected chi connectivity index (χ2v) is 3.83. The van der Waals surface area contributed by atoms with Gasteiger partial charge >= 0.3 is 11.9 Å². The molecular weight excluding hydrogens is 262 g/mol. The summed E-state index contributed by atoms with van der Waals surface area (Å²) < 4.78 is 14.1. The monoisotopic (exact) mass is 279 g/mol. The van der Waals surface area contributed by atoms with Crippen LogP contribution in [0.25, 0.3) is 0 Å². The van der Waals surface area contributed by atoms with Gasteiger partial charge in [-0.15, -0.1) is 0 Å². The summed E-state index contributed by atoms with van der Waals surface area (Å²) in [4.78, 5) is 22.8. The van der Waals surface area contributed by atoms with Gasteiger partial charge in [-0.25, -0.2) is 9.59 Å². The highest BCUT2D eigenvalue weighted by Crippen LogP contribution is 2.14. The van der Waals surface area contributed by atoms with Crippen LogP contribution in [-0.4, -0.2) is 33.3 Å². The van der Waals surface area contributed by atoms with Crippen LogP contribution in [0.15, 0.2) is 36.0 Å². The second kappa shape index (κ2) is 7.96. The van der Waals surface area contributed by atoms with Crippen LogP contribution in [-0.2, 0) is 30.4 Å². The lowest BCUT2D eigenvalue weighted by atomic mass is 10.2. The van der Waals surface area contributed by atoms with Gasteiger partial charge in [0.1, 0.15) is 5.70 Å².